The average Bonchev–Trinajstić information content (AvgIpc) is 2.93. The molecule has 0 aromatic heterocycles. The fraction of sp³-hybridized carbons (Fsp3) is 0.533. The van der Waals surface area contributed by atoms with Crippen LogP contribution in [0.5, 0.6) is 0 Å². The molecule has 1 aliphatic heterocycles. The number of hydrogen-bond donors (Lipinski definition) is 1. The second kappa shape index (κ2) is 8.66. The van der Waals surface area contributed by atoms with E-state index >= 15 is 0 Å². The number of nitrogens with zero attached hydrogens (tertiary/aromatic N) is 2. The molecule has 0 saturated heterocycles. The number of alkyl halides is 1. The highest BCUT2D eigenvalue weighted by Gasteiger charge is 2.14. The quantitative estimate of drug-likeness (QED) is 0.918. The number of benzene rings is 1. The van der Waals surface area contributed by atoms with Gasteiger partial charge in [-0.2, -0.15) is 0 Å². The van der Waals surface area contributed by atoms with E-state index in [0.29, 0.717) is 0 Å². The molecule has 0 bridgehead atoms. The summed E-state index contributed by atoms with van der Waals surface area (Å²) >= 11 is 0. The molecule has 2 N–H and O–H groups in total. The molecule has 20 heavy (non-hydrogen) atoms. The van der Waals surface area contributed by atoms with Crippen molar-refractivity contribution in [2.75, 3.05) is 40.5 Å². The highest BCUT2D eigenvalue weighted by atomic mass is 19.1. The van der Waals surface area contributed by atoms with Gasteiger partial charge in [0.1, 0.15) is 12.5 Å². The van der Waals surface area contributed by atoms with Crippen molar-refractivity contribution in [1.29, 1.82) is 0 Å². The lowest BCUT2D eigenvalue weighted by atomic mass is 10.1. The predicted octanol–water partition coefficient (Wildman–Crippen LogP) is 2.00. The van der Waals surface area contributed by atoms with Crippen LogP contribution in [0.4, 0.5) is 4.39 Å². The molecule has 1 aliphatic rings. The Morgan fingerprint density at radius 1 is 1.40 bits per heavy atom. The van der Waals surface area contributed by atoms with Crippen LogP contribution >= 0.6 is 0 Å². The third kappa shape index (κ3) is 4.58. The number of methoxy groups -OCH3 is 1. The van der Waals surface area contributed by atoms with Crippen molar-refractivity contribution < 1.29 is 9.13 Å². The Morgan fingerprint density at radius 2 is 2.00 bits per heavy atom. The number of rotatable bonds is 4. The number of aliphatic imine (C=N–C) groups is 1. The van der Waals surface area contributed by atoms with Crippen molar-refractivity contribution in [3.63, 3.8) is 0 Å². The van der Waals surface area contributed by atoms with Gasteiger partial charge in [0.15, 0.2) is 0 Å². The van der Waals surface area contributed by atoms with E-state index in [0.717, 1.165) is 18.9 Å². The molecule has 1 heterocycles. The molecule has 1 aromatic carbocycles. The average molecular weight is 281 g/mol. The Bertz CT molecular complexity index is 418. The topological polar surface area (TPSA) is 50.8 Å². The fourth-order valence-corrected chi connectivity index (χ4v) is 1.88. The summed E-state index contributed by atoms with van der Waals surface area (Å²) in [6.45, 7) is 3.72. The molecule has 0 aliphatic carbocycles. The number of hydrogen-bond acceptors (Lipinski definition) is 4. The van der Waals surface area contributed by atoms with Gasteiger partial charge in [-0.15, -0.1) is 0 Å². The van der Waals surface area contributed by atoms with Crippen LogP contribution in [0, 0.1) is 0 Å². The van der Waals surface area contributed by atoms with Gasteiger partial charge in [0, 0.05) is 32.8 Å². The van der Waals surface area contributed by atoms with Crippen LogP contribution in [-0.4, -0.2) is 51.2 Å². The third-order valence-electron chi connectivity index (χ3n) is 3.16. The first-order chi connectivity index (χ1) is 9.63. The Balaban J connectivity index is 0.000000444. The van der Waals surface area contributed by atoms with Gasteiger partial charge in [0.2, 0.25) is 0 Å². The summed E-state index contributed by atoms with van der Waals surface area (Å²) < 4.78 is 15.9. The number of amidine groups is 1. The Labute approximate surface area is 120 Å². The van der Waals surface area contributed by atoms with Gasteiger partial charge in [-0.25, -0.2) is 4.39 Å². The molecular weight excluding hydrogens is 257 g/mol. The van der Waals surface area contributed by atoms with Crippen molar-refractivity contribution in [1.82, 2.24) is 4.90 Å². The van der Waals surface area contributed by atoms with Gasteiger partial charge in [-0.1, -0.05) is 24.3 Å². The zero-order chi connectivity index (χ0) is 15.0. The maximum atomic E-state index is 10.6. The molecule has 4 nitrogen and oxygen atoms in total. The van der Waals surface area contributed by atoms with E-state index in [2.05, 4.69) is 46.9 Å². The van der Waals surface area contributed by atoms with Gasteiger partial charge in [0.25, 0.3) is 0 Å². The molecule has 0 fully saturated rings. The largest absolute Gasteiger partial charge is 0.377 e. The normalized spacial score (nSPS) is 15.4. The third-order valence-corrected chi connectivity index (χ3v) is 3.16. The minimum Gasteiger partial charge on any atom is -0.377 e. The maximum absolute atomic E-state index is 10.6. The van der Waals surface area contributed by atoms with Gasteiger partial charge in [-0.05, 0) is 12.5 Å². The molecule has 0 amide bonds. The molecule has 5 heteroatoms. The van der Waals surface area contributed by atoms with Crippen molar-refractivity contribution in [3.8, 4) is 0 Å². The predicted molar refractivity (Wildman–Crippen MR) is 80.9 cm³/mol. The fourth-order valence-electron chi connectivity index (χ4n) is 1.88. The summed E-state index contributed by atoms with van der Waals surface area (Å²) in [5.74, 6) is 1.09. The second-order valence-corrected chi connectivity index (χ2v) is 4.60. The van der Waals surface area contributed by atoms with Crippen LogP contribution in [0.1, 0.15) is 24.2 Å². The van der Waals surface area contributed by atoms with Gasteiger partial charge in [0.05, 0.1) is 12.6 Å². The molecular formula is C15H24FN3O. The van der Waals surface area contributed by atoms with Crippen LogP contribution in [0.2, 0.25) is 0 Å². The summed E-state index contributed by atoms with van der Waals surface area (Å²) in [4.78, 5) is 6.68. The van der Waals surface area contributed by atoms with Gasteiger partial charge >= 0.3 is 0 Å². The first-order valence-electron chi connectivity index (χ1n) is 6.78. The summed E-state index contributed by atoms with van der Waals surface area (Å²) in [6, 6.07) is 8.45. The van der Waals surface area contributed by atoms with Crippen molar-refractivity contribution >= 4 is 5.84 Å². The van der Waals surface area contributed by atoms with Crippen LogP contribution in [0.15, 0.2) is 29.3 Å². The monoisotopic (exact) mass is 281 g/mol. The van der Waals surface area contributed by atoms with E-state index in [-0.39, 0.29) is 12.6 Å². The van der Waals surface area contributed by atoms with Crippen molar-refractivity contribution in [3.05, 3.63) is 35.4 Å². The van der Waals surface area contributed by atoms with Crippen molar-refractivity contribution in [2.45, 2.75) is 13.0 Å². The molecule has 2 rings (SSSR count). The molecule has 112 valence electrons. The van der Waals surface area contributed by atoms with Crippen LogP contribution < -0.4 is 5.73 Å². The van der Waals surface area contributed by atoms with E-state index < -0.39 is 6.67 Å². The van der Waals surface area contributed by atoms with E-state index in [9.17, 15) is 4.39 Å². The lowest BCUT2D eigenvalue weighted by Crippen LogP contribution is -2.23. The Kier molecular flexibility index (Phi) is 7.18. The highest BCUT2D eigenvalue weighted by molar-refractivity contribution is 5.99. The number of ether oxygens (including phenoxy) is 1. The minimum atomic E-state index is -0.403. The van der Waals surface area contributed by atoms with E-state index in [1.807, 2.05) is 6.92 Å². The van der Waals surface area contributed by atoms with Crippen LogP contribution in [0.3, 0.4) is 0 Å². The molecule has 1 atom stereocenters. The summed E-state index contributed by atoms with van der Waals surface area (Å²) in [6.07, 6.45) is 0.150. The molecule has 0 spiro atoms. The first kappa shape index (κ1) is 16.6. The number of halogens is 1. The highest BCUT2D eigenvalue weighted by Crippen LogP contribution is 2.17. The van der Waals surface area contributed by atoms with E-state index in [1.165, 1.54) is 11.1 Å². The molecule has 0 radical (unpaired) electrons. The van der Waals surface area contributed by atoms with Crippen molar-refractivity contribution in [2.24, 2.45) is 10.7 Å². The van der Waals surface area contributed by atoms with Gasteiger partial charge in [-0.3, -0.25) is 4.99 Å². The van der Waals surface area contributed by atoms with E-state index in [4.69, 9.17) is 4.74 Å². The van der Waals surface area contributed by atoms with Crippen LogP contribution in [0.25, 0.3) is 0 Å². The second-order valence-electron chi connectivity index (χ2n) is 4.60. The number of nitrogens with two attached hydrogens (primary N) is 1. The summed E-state index contributed by atoms with van der Waals surface area (Å²) in [5, 5.41) is 0. The Morgan fingerprint density at radius 3 is 2.40 bits per heavy atom. The molecule has 0 saturated carbocycles. The zero-order valence-electron chi connectivity index (χ0n) is 12.5. The van der Waals surface area contributed by atoms with Crippen LogP contribution in [-0.2, 0) is 4.74 Å². The Hall–Kier alpha value is -1.46. The number of likely N-dealkylation sites (N-methyl/N-ethyl adjacent to an activating group) is 1. The SMILES string of the molecule is COC(C)c1ccc(C2=NCCN2C)cc1.NCCF. The summed E-state index contributed by atoms with van der Waals surface area (Å²) in [5.41, 5.74) is 7.04. The zero-order valence-corrected chi connectivity index (χ0v) is 12.5. The molecule has 1 unspecified atom stereocenters. The lowest BCUT2D eigenvalue weighted by molar-refractivity contribution is 0.119. The first-order valence-corrected chi connectivity index (χ1v) is 6.78. The molecule has 1 aromatic rings. The van der Waals surface area contributed by atoms with E-state index in [1.54, 1.807) is 7.11 Å². The standard InChI is InChI=1S/C13H18N2O.C2H6FN/c1-10(16-3)11-4-6-12(7-5-11)13-14-8-9-15(13)2;3-1-2-4/h4-7,10H,8-9H2,1-3H3;1-2,4H2. The minimum absolute atomic E-state index is 0.150. The maximum Gasteiger partial charge on any atom is 0.130 e. The van der Waals surface area contributed by atoms with Gasteiger partial charge < -0.3 is 15.4 Å². The lowest BCUT2D eigenvalue weighted by Gasteiger charge is -2.15. The smallest absolute Gasteiger partial charge is 0.130 e. The summed E-state index contributed by atoms with van der Waals surface area (Å²) in [7, 11) is 3.81.